The van der Waals surface area contributed by atoms with Gasteiger partial charge in [0.1, 0.15) is 6.04 Å². The summed E-state index contributed by atoms with van der Waals surface area (Å²) in [6.07, 6.45) is -0.0890. The van der Waals surface area contributed by atoms with Crippen LogP contribution in [0.4, 0.5) is 0 Å². The van der Waals surface area contributed by atoms with Crippen molar-refractivity contribution < 1.29 is 19.5 Å². The lowest BCUT2D eigenvalue weighted by Crippen LogP contribution is -2.46. The molecule has 0 aliphatic heterocycles. The molecular formula is C19H23N3O4. The van der Waals surface area contributed by atoms with Gasteiger partial charge in [0.15, 0.2) is 0 Å². The SMILES string of the molecule is CN(C(=O)CNCc1cccc2ccccc12)[C@@H](CCC(N)=O)C(=O)O. The summed E-state index contributed by atoms with van der Waals surface area (Å²) in [5, 5.41) is 14.5. The number of nitrogens with one attached hydrogen (secondary N) is 1. The van der Waals surface area contributed by atoms with Gasteiger partial charge in [-0.25, -0.2) is 4.79 Å². The molecule has 2 rings (SSSR count). The number of fused-ring (bicyclic) bond motifs is 1. The number of carboxylic acids is 1. The molecule has 0 saturated heterocycles. The predicted octanol–water partition coefficient (Wildman–Crippen LogP) is 1.11. The van der Waals surface area contributed by atoms with Crippen LogP contribution in [0.15, 0.2) is 42.5 Å². The molecule has 0 aliphatic rings. The molecule has 2 aromatic carbocycles. The Bertz CT molecular complexity index is 801. The monoisotopic (exact) mass is 357 g/mol. The van der Waals surface area contributed by atoms with Crippen LogP contribution in [0.2, 0.25) is 0 Å². The van der Waals surface area contributed by atoms with Gasteiger partial charge in [0, 0.05) is 20.0 Å². The maximum Gasteiger partial charge on any atom is 0.326 e. The largest absolute Gasteiger partial charge is 0.480 e. The summed E-state index contributed by atoms with van der Waals surface area (Å²) in [7, 11) is 1.42. The van der Waals surface area contributed by atoms with Crippen molar-refractivity contribution in [1.29, 1.82) is 0 Å². The number of primary amides is 1. The summed E-state index contributed by atoms with van der Waals surface area (Å²) >= 11 is 0. The van der Waals surface area contributed by atoms with E-state index < -0.39 is 17.9 Å². The molecule has 0 aliphatic carbocycles. The van der Waals surface area contributed by atoms with E-state index in [0.717, 1.165) is 21.2 Å². The number of nitrogens with zero attached hydrogens (tertiary/aromatic N) is 1. The number of nitrogens with two attached hydrogens (primary N) is 1. The van der Waals surface area contributed by atoms with Gasteiger partial charge in [0.05, 0.1) is 6.54 Å². The Morgan fingerprint density at radius 2 is 1.85 bits per heavy atom. The van der Waals surface area contributed by atoms with Crippen LogP contribution >= 0.6 is 0 Å². The Hall–Kier alpha value is -2.93. The molecular weight excluding hydrogens is 334 g/mol. The summed E-state index contributed by atoms with van der Waals surface area (Å²) in [6.45, 7) is 0.486. The van der Waals surface area contributed by atoms with Crippen LogP contribution in [0.5, 0.6) is 0 Å². The van der Waals surface area contributed by atoms with E-state index in [1.54, 1.807) is 0 Å². The zero-order valence-electron chi connectivity index (χ0n) is 14.6. The molecule has 138 valence electrons. The third kappa shape index (κ3) is 5.03. The normalized spacial score (nSPS) is 11.9. The molecule has 0 spiro atoms. The summed E-state index contributed by atoms with van der Waals surface area (Å²) in [6, 6.07) is 12.9. The molecule has 0 aromatic heterocycles. The lowest BCUT2D eigenvalue weighted by molar-refractivity contribution is -0.149. The first-order valence-electron chi connectivity index (χ1n) is 8.34. The number of hydrogen-bond acceptors (Lipinski definition) is 4. The van der Waals surface area contributed by atoms with E-state index in [0.29, 0.717) is 6.54 Å². The molecule has 0 radical (unpaired) electrons. The topological polar surface area (TPSA) is 113 Å². The molecule has 7 heteroatoms. The van der Waals surface area contributed by atoms with E-state index in [9.17, 15) is 19.5 Å². The minimum Gasteiger partial charge on any atom is -0.480 e. The van der Waals surface area contributed by atoms with E-state index in [4.69, 9.17) is 5.73 Å². The molecule has 0 bridgehead atoms. The average molecular weight is 357 g/mol. The highest BCUT2D eigenvalue weighted by Crippen LogP contribution is 2.18. The maximum absolute atomic E-state index is 12.3. The number of rotatable bonds is 9. The van der Waals surface area contributed by atoms with E-state index >= 15 is 0 Å². The van der Waals surface area contributed by atoms with Crippen molar-refractivity contribution in [1.82, 2.24) is 10.2 Å². The Kier molecular flexibility index (Phi) is 6.68. The van der Waals surface area contributed by atoms with Crippen LogP contribution in [-0.4, -0.2) is 47.4 Å². The minimum absolute atomic E-state index is 0.0000720. The van der Waals surface area contributed by atoms with Gasteiger partial charge in [0.25, 0.3) is 0 Å². The lowest BCUT2D eigenvalue weighted by atomic mass is 10.0. The van der Waals surface area contributed by atoms with Crippen molar-refractivity contribution in [2.75, 3.05) is 13.6 Å². The summed E-state index contributed by atoms with van der Waals surface area (Å²) in [4.78, 5) is 35.6. The fraction of sp³-hybridized carbons (Fsp3) is 0.316. The lowest BCUT2D eigenvalue weighted by Gasteiger charge is -2.24. The quantitative estimate of drug-likeness (QED) is 0.622. The van der Waals surface area contributed by atoms with Gasteiger partial charge in [-0.3, -0.25) is 9.59 Å². The first-order valence-corrected chi connectivity index (χ1v) is 8.34. The number of hydrogen-bond donors (Lipinski definition) is 3. The van der Waals surface area contributed by atoms with Gasteiger partial charge < -0.3 is 21.1 Å². The second-order valence-corrected chi connectivity index (χ2v) is 6.11. The second-order valence-electron chi connectivity index (χ2n) is 6.11. The first-order chi connectivity index (χ1) is 12.4. The van der Waals surface area contributed by atoms with Crippen molar-refractivity contribution in [3.63, 3.8) is 0 Å². The Morgan fingerprint density at radius 1 is 1.15 bits per heavy atom. The number of carbonyl (C=O) groups is 3. The van der Waals surface area contributed by atoms with Gasteiger partial charge >= 0.3 is 5.97 Å². The van der Waals surface area contributed by atoms with Crippen molar-refractivity contribution in [2.24, 2.45) is 5.73 Å². The molecule has 0 saturated carbocycles. The van der Waals surface area contributed by atoms with Gasteiger partial charge in [-0.15, -0.1) is 0 Å². The Balaban J connectivity index is 1.94. The molecule has 0 unspecified atom stereocenters. The summed E-state index contributed by atoms with van der Waals surface area (Å²) in [5.41, 5.74) is 6.12. The number of likely N-dealkylation sites (N-methyl/N-ethyl adjacent to an activating group) is 1. The van der Waals surface area contributed by atoms with Crippen molar-refractivity contribution in [3.05, 3.63) is 48.0 Å². The van der Waals surface area contributed by atoms with E-state index in [-0.39, 0.29) is 25.3 Å². The van der Waals surface area contributed by atoms with Gasteiger partial charge in [-0.05, 0) is 22.8 Å². The van der Waals surface area contributed by atoms with Crippen molar-refractivity contribution in [3.8, 4) is 0 Å². The summed E-state index contributed by atoms with van der Waals surface area (Å²) in [5.74, 6) is -2.11. The fourth-order valence-corrected chi connectivity index (χ4v) is 2.81. The highest BCUT2D eigenvalue weighted by atomic mass is 16.4. The zero-order chi connectivity index (χ0) is 19.1. The van der Waals surface area contributed by atoms with Crippen molar-refractivity contribution >= 4 is 28.6 Å². The van der Waals surface area contributed by atoms with Crippen LogP contribution < -0.4 is 11.1 Å². The van der Waals surface area contributed by atoms with E-state index in [1.165, 1.54) is 7.05 Å². The molecule has 1 atom stereocenters. The molecule has 2 aromatic rings. The van der Waals surface area contributed by atoms with Crippen molar-refractivity contribution in [2.45, 2.75) is 25.4 Å². The zero-order valence-corrected chi connectivity index (χ0v) is 14.6. The third-order valence-corrected chi connectivity index (χ3v) is 4.28. The van der Waals surface area contributed by atoms with Gasteiger partial charge in [-0.1, -0.05) is 42.5 Å². The fourth-order valence-electron chi connectivity index (χ4n) is 2.81. The van der Waals surface area contributed by atoms with Crippen LogP contribution in [0.25, 0.3) is 10.8 Å². The smallest absolute Gasteiger partial charge is 0.326 e. The van der Waals surface area contributed by atoms with Crippen LogP contribution in [0.1, 0.15) is 18.4 Å². The third-order valence-electron chi connectivity index (χ3n) is 4.28. The van der Waals surface area contributed by atoms with Gasteiger partial charge in [-0.2, -0.15) is 0 Å². The number of carbonyl (C=O) groups excluding carboxylic acids is 2. The number of carboxylic acid groups (broad SMARTS) is 1. The standard InChI is InChI=1S/C19H23N3O4/c1-22(16(19(25)26)9-10-17(20)23)18(24)12-21-11-14-7-4-6-13-5-2-3-8-15(13)14/h2-8,16,21H,9-12H2,1H3,(H2,20,23)(H,25,26)/t16-/m0/s1. The minimum atomic E-state index is -1.16. The number of amides is 2. The van der Waals surface area contributed by atoms with Crippen LogP contribution in [0, 0.1) is 0 Å². The molecule has 4 N–H and O–H groups in total. The molecule has 7 nitrogen and oxygen atoms in total. The second kappa shape index (κ2) is 8.96. The number of benzene rings is 2. The average Bonchev–Trinajstić information content (AvgIpc) is 2.61. The highest BCUT2D eigenvalue weighted by Gasteiger charge is 2.26. The summed E-state index contributed by atoms with van der Waals surface area (Å²) < 4.78 is 0. The predicted molar refractivity (Wildman–Crippen MR) is 98.3 cm³/mol. The molecule has 0 fully saturated rings. The Morgan fingerprint density at radius 3 is 2.54 bits per heavy atom. The first kappa shape index (κ1) is 19.4. The van der Waals surface area contributed by atoms with E-state index in [2.05, 4.69) is 5.32 Å². The molecule has 26 heavy (non-hydrogen) atoms. The highest BCUT2D eigenvalue weighted by molar-refractivity contribution is 5.86. The molecule has 0 heterocycles. The van der Waals surface area contributed by atoms with Crippen LogP contribution in [-0.2, 0) is 20.9 Å². The Labute approximate surface area is 151 Å². The maximum atomic E-state index is 12.3. The molecule has 2 amide bonds. The van der Waals surface area contributed by atoms with Gasteiger partial charge in [0.2, 0.25) is 11.8 Å². The number of aliphatic carboxylic acids is 1. The van der Waals surface area contributed by atoms with Crippen LogP contribution in [0.3, 0.4) is 0 Å². The van der Waals surface area contributed by atoms with E-state index in [1.807, 2.05) is 42.5 Å².